The van der Waals surface area contributed by atoms with Crippen LogP contribution in [0.4, 0.5) is 34.1 Å². The molecule has 0 aliphatic carbocycles. The van der Waals surface area contributed by atoms with Crippen LogP contribution in [-0.4, -0.2) is 14.5 Å². The van der Waals surface area contributed by atoms with E-state index in [0.717, 1.165) is 78.3 Å². The van der Waals surface area contributed by atoms with Crippen molar-refractivity contribution in [1.29, 1.82) is 21.0 Å². The van der Waals surface area contributed by atoms with E-state index in [1.54, 1.807) is 54.6 Å². The molecule has 0 fully saturated rings. The Hall–Kier alpha value is -12.1. The molecule has 0 aliphatic heterocycles. The Morgan fingerprint density at radius 2 is 0.711 bits per heavy atom. The van der Waals surface area contributed by atoms with E-state index in [9.17, 15) is 21.0 Å². The van der Waals surface area contributed by atoms with Gasteiger partial charge in [0.05, 0.1) is 69.0 Å². The third-order valence-electron chi connectivity index (χ3n) is 14.9. The van der Waals surface area contributed by atoms with E-state index in [1.165, 1.54) is 0 Å². The smallest absolute Gasteiger partial charge is 0.160 e. The number of para-hydroxylation sites is 4. The molecule has 0 saturated heterocycles. The minimum absolute atomic E-state index is 0.262. The summed E-state index contributed by atoms with van der Waals surface area (Å²) < 4.78 is 2.35. The molecule has 0 spiro atoms. The molecule has 9 nitrogen and oxygen atoms in total. The van der Waals surface area contributed by atoms with Crippen molar-refractivity contribution < 1.29 is 0 Å². The summed E-state index contributed by atoms with van der Waals surface area (Å²) in [6.07, 6.45) is 0. The van der Waals surface area contributed by atoms with Gasteiger partial charge in [0, 0.05) is 67.3 Å². The third-order valence-corrected chi connectivity index (χ3v) is 14.9. The fourth-order valence-corrected chi connectivity index (χ4v) is 11.0. The first kappa shape index (κ1) is 50.4. The van der Waals surface area contributed by atoms with Crippen LogP contribution in [0.15, 0.2) is 273 Å². The van der Waals surface area contributed by atoms with Gasteiger partial charge >= 0.3 is 0 Å². The molecule has 2 heterocycles. The minimum atomic E-state index is 0.262. The van der Waals surface area contributed by atoms with Gasteiger partial charge < -0.3 is 14.4 Å². The third kappa shape index (κ3) is 9.73. The average Bonchev–Trinajstić information content (AvgIpc) is 4.16. The van der Waals surface area contributed by atoms with Crippen LogP contribution in [0.5, 0.6) is 0 Å². The SMILES string of the molecule is N#Cc1cccc(-c2cc(-c3c(C#N)cc(-c4ccc(-c5ccc(-n6c7ccc(N(c8ccccc8)c8ccccc8)cc7c7cc(N(c8ccccc8)c8ccccc8)ccc76)cc5)cc4)cc3C#N)nc(-c3cccc(C#N)c3)n2)c1. The van der Waals surface area contributed by atoms with E-state index in [-0.39, 0.29) is 11.1 Å². The quantitative estimate of drug-likeness (QED) is 0.118. The number of hydrogen-bond acceptors (Lipinski definition) is 8. The predicted molar refractivity (Wildman–Crippen MR) is 332 cm³/mol. The van der Waals surface area contributed by atoms with E-state index < -0.39 is 0 Å². The van der Waals surface area contributed by atoms with Gasteiger partial charge in [-0.1, -0.05) is 133 Å². The first-order valence-corrected chi connectivity index (χ1v) is 26.9. The van der Waals surface area contributed by atoms with Gasteiger partial charge in [0.1, 0.15) is 0 Å². The Morgan fingerprint density at radius 1 is 0.301 bits per heavy atom. The number of aromatic nitrogens is 3. The zero-order valence-electron chi connectivity index (χ0n) is 44.5. The lowest BCUT2D eigenvalue weighted by Crippen LogP contribution is -2.09. The van der Waals surface area contributed by atoms with Crippen molar-refractivity contribution in [1.82, 2.24) is 14.5 Å². The first-order valence-electron chi connectivity index (χ1n) is 26.9. The van der Waals surface area contributed by atoms with Crippen molar-refractivity contribution in [3.63, 3.8) is 0 Å². The maximum atomic E-state index is 10.7. The number of hydrogen-bond donors (Lipinski definition) is 0. The highest BCUT2D eigenvalue weighted by atomic mass is 15.1. The molecule has 386 valence electrons. The molecule has 0 aliphatic rings. The zero-order valence-corrected chi connectivity index (χ0v) is 44.5. The highest BCUT2D eigenvalue weighted by Crippen LogP contribution is 2.44. The van der Waals surface area contributed by atoms with Crippen molar-refractivity contribution >= 4 is 55.9 Å². The Balaban J connectivity index is 0.870. The topological polar surface area (TPSA) is 132 Å². The highest BCUT2D eigenvalue weighted by Gasteiger charge is 2.22. The lowest BCUT2D eigenvalue weighted by Gasteiger charge is -2.26. The molecule has 0 saturated carbocycles. The number of nitrogens with zero attached hydrogens (tertiary/aromatic N) is 9. The zero-order chi connectivity index (χ0) is 56.2. The van der Waals surface area contributed by atoms with E-state index in [0.29, 0.717) is 50.6 Å². The van der Waals surface area contributed by atoms with Crippen molar-refractivity contribution in [2.24, 2.45) is 0 Å². The van der Waals surface area contributed by atoms with Gasteiger partial charge in [-0.15, -0.1) is 0 Å². The molecular formula is C74H45N9. The Bertz CT molecular complexity index is 4430. The monoisotopic (exact) mass is 1060 g/mol. The molecule has 2 aromatic heterocycles. The minimum Gasteiger partial charge on any atom is -0.310 e. The van der Waals surface area contributed by atoms with Gasteiger partial charge in [0.25, 0.3) is 0 Å². The van der Waals surface area contributed by atoms with Gasteiger partial charge in [0.2, 0.25) is 0 Å². The van der Waals surface area contributed by atoms with Crippen LogP contribution in [0.2, 0.25) is 0 Å². The van der Waals surface area contributed by atoms with Gasteiger partial charge in [-0.05, 0) is 162 Å². The fraction of sp³-hybridized carbons (Fsp3) is 0. The molecular weight excluding hydrogens is 1010 g/mol. The summed E-state index contributed by atoms with van der Waals surface area (Å²) in [5.74, 6) is 0.305. The lowest BCUT2D eigenvalue weighted by atomic mass is 9.92. The van der Waals surface area contributed by atoms with Crippen molar-refractivity contribution in [3.8, 4) is 86.1 Å². The first-order chi connectivity index (χ1) is 40.9. The molecule has 0 N–H and O–H groups in total. The summed E-state index contributed by atoms with van der Waals surface area (Å²) in [5, 5.41) is 43.1. The predicted octanol–water partition coefficient (Wildman–Crippen LogP) is 18.3. The average molecular weight is 1060 g/mol. The van der Waals surface area contributed by atoms with Gasteiger partial charge in [-0.2, -0.15) is 21.0 Å². The summed E-state index contributed by atoms with van der Waals surface area (Å²) in [4.78, 5) is 14.4. The molecule has 0 bridgehead atoms. The van der Waals surface area contributed by atoms with Crippen molar-refractivity contribution in [3.05, 3.63) is 295 Å². The van der Waals surface area contributed by atoms with Crippen LogP contribution < -0.4 is 9.80 Å². The second-order valence-corrected chi connectivity index (χ2v) is 19.9. The molecule has 13 aromatic rings. The summed E-state index contributed by atoms with van der Waals surface area (Å²) >= 11 is 0. The fourth-order valence-electron chi connectivity index (χ4n) is 11.0. The van der Waals surface area contributed by atoms with Crippen LogP contribution in [0.25, 0.3) is 83.6 Å². The van der Waals surface area contributed by atoms with E-state index in [2.05, 4.69) is 209 Å². The maximum Gasteiger partial charge on any atom is 0.160 e. The Morgan fingerprint density at radius 3 is 1.16 bits per heavy atom. The molecule has 9 heteroatoms. The van der Waals surface area contributed by atoms with Crippen molar-refractivity contribution in [2.45, 2.75) is 0 Å². The number of anilines is 6. The summed E-state index contributed by atoms with van der Waals surface area (Å²) in [7, 11) is 0. The lowest BCUT2D eigenvalue weighted by molar-refractivity contribution is 1.18. The van der Waals surface area contributed by atoms with E-state index in [1.807, 2.05) is 48.5 Å². The maximum absolute atomic E-state index is 10.7. The van der Waals surface area contributed by atoms with Crippen LogP contribution >= 0.6 is 0 Å². The molecule has 0 unspecified atom stereocenters. The van der Waals surface area contributed by atoms with Crippen molar-refractivity contribution in [2.75, 3.05) is 9.80 Å². The number of benzene rings is 11. The van der Waals surface area contributed by atoms with Crippen LogP contribution in [0.1, 0.15) is 22.3 Å². The Labute approximate surface area is 480 Å². The molecule has 13 rings (SSSR count). The summed E-state index contributed by atoms with van der Waals surface area (Å²) in [6.45, 7) is 0. The van der Waals surface area contributed by atoms with Crippen LogP contribution in [0, 0.1) is 45.3 Å². The van der Waals surface area contributed by atoms with Gasteiger partial charge in [-0.3, -0.25) is 0 Å². The number of nitriles is 4. The molecule has 83 heavy (non-hydrogen) atoms. The van der Waals surface area contributed by atoms with Crippen LogP contribution in [-0.2, 0) is 0 Å². The summed E-state index contributed by atoms with van der Waals surface area (Å²) in [6, 6.07) is 101. The molecule has 0 radical (unpaired) electrons. The van der Waals surface area contributed by atoms with Gasteiger partial charge in [-0.25, -0.2) is 9.97 Å². The Kier molecular flexibility index (Phi) is 13.3. The molecule has 0 amide bonds. The second-order valence-electron chi connectivity index (χ2n) is 19.9. The number of rotatable bonds is 12. The second kappa shape index (κ2) is 21.9. The highest BCUT2D eigenvalue weighted by molar-refractivity contribution is 6.12. The van der Waals surface area contributed by atoms with E-state index >= 15 is 0 Å². The van der Waals surface area contributed by atoms with Gasteiger partial charge in [0.15, 0.2) is 5.82 Å². The van der Waals surface area contributed by atoms with E-state index in [4.69, 9.17) is 9.97 Å². The van der Waals surface area contributed by atoms with Crippen LogP contribution in [0.3, 0.4) is 0 Å². The largest absolute Gasteiger partial charge is 0.310 e. The normalized spacial score (nSPS) is 10.8. The molecule has 0 atom stereocenters. The molecule has 11 aromatic carbocycles. The number of fused-ring (bicyclic) bond motifs is 3. The summed E-state index contributed by atoms with van der Waals surface area (Å²) in [5.41, 5.74) is 16.9. The standard InChI is InChI=1S/C74H45N9/c75-46-50-15-13-17-55(39-50)69-45-70(80-74(79-69)56-18-14-16-51(40-56)47-76)73-58(48-77)41-57(42-59(73)49-78)54-29-27-52(28-30-54)53-31-33-64(34-32-53)83-71-37-35-65(81(60-19-5-1-6-20-60)61-21-7-2-8-22-61)43-67(71)68-44-66(36-38-72(68)83)82(62-23-9-3-10-24-62)63-25-11-4-12-26-63/h1-45H.